The van der Waals surface area contributed by atoms with E-state index >= 15 is 0 Å². The zero-order chi connectivity index (χ0) is 18.7. The smallest absolute Gasteiger partial charge is 0.303 e. The monoisotopic (exact) mass is 384 g/mol. The quantitative estimate of drug-likeness (QED) is 0.839. The van der Waals surface area contributed by atoms with Crippen LogP contribution < -0.4 is 4.90 Å². The Morgan fingerprint density at radius 2 is 2.08 bits per heavy atom. The van der Waals surface area contributed by atoms with Crippen LogP contribution in [0.25, 0.3) is 0 Å². The van der Waals surface area contributed by atoms with Crippen molar-refractivity contribution in [1.29, 1.82) is 0 Å². The maximum absolute atomic E-state index is 14.3. The van der Waals surface area contributed by atoms with Crippen LogP contribution in [-0.2, 0) is 4.79 Å². The molecule has 0 aliphatic carbocycles. The lowest BCUT2D eigenvalue weighted by atomic mass is 9.86. The van der Waals surface area contributed by atoms with Crippen LogP contribution in [0.5, 0.6) is 0 Å². The highest BCUT2D eigenvalue weighted by Gasteiger charge is 2.35. The Hall–Kier alpha value is -1.44. The van der Waals surface area contributed by atoms with Crippen molar-refractivity contribution in [2.75, 3.05) is 51.2 Å². The van der Waals surface area contributed by atoms with E-state index in [-0.39, 0.29) is 17.4 Å². The molecule has 0 saturated carbocycles. The molecule has 0 spiro atoms. The van der Waals surface area contributed by atoms with Crippen molar-refractivity contribution in [3.63, 3.8) is 0 Å². The van der Waals surface area contributed by atoms with E-state index in [2.05, 4.69) is 21.8 Å². The minimum Gasteiger partial charge on any atom is -0.481 e. The topological polar surface area (TPSA) is 59.9 Å². The first-order chi connectivity index (χ1) is 12.4. The van der Waals surface area contributed by atoms with Crippen molar-refractivity contribution in [1.82, 2.24) is 14.8 Å². The molecular weight excluding hydrogens is 359 g/mol. The van der Waals surface area contributed by atoms with Crippen molar-refractivity contribution >= 4 is 23.4 Å². The average Bonchev–Trinajstić information content (AvgIpc) is 2.60. The fourth-order valence-electron chi connectivity index (χ4n) is 4.08. The molecule has 2 aliphatic rings. The summed E-state index contributed by atoms with van der Waals surface area (Å²) in [6.07, 6.45) is 3.08. The number of carboxylic acids is 1. The number of hydrogen-bond donors (Lipinski definition) is 1. The van der Waals surface area contributed by atoms with Gasteiger partial charge in [-0.25, -0.2) is 9.37 Å². The van der Waals surface area contributed by atoms with E-state index in [4.69, 9.17) is 16.7 Å². The van der Waals surface area contributed by atoms with Gasteiger partial charge in [0.2, 0.25) is 0 Å². The van der Waals surface area contributed by atoms with Gasteiger partial charge < -0.3 is 14.9 Å². The number of hydrogen-bond acceptors (Lipinski definition) is 5. The number of halogens is 2. The summed E-state index contributed by atoms with van der Waals surface area (Å²) in [5.41, 5.74) is 0. The summed E-state index contributed by atoms with van der Waals surface area (Å²) in [6.45, 7) is 5.39. The van der Waals surface area contributed by atoms with Gasteiger partial charge in [0.05, 0.1) is 5.02 Å². The van der Waals surface area contributed by atoms with Gasteiger partial charge in [-0.05, 0) is 31.9 Å². The van der Waals surface area contributed by atoms with E-state index in [1.165, 1.54) is 12.3 Å². The Bertz CT molecular complexity index is 640. The molecule has 26 heavy (non-hydrogen) atoms. The Kier molecular flexibility index (Phi) is 6.32. The van der Waals surface area contributed by atoms with E-state index in [1.807, 2.05) is 4.90 Å². The van der Waals surface area contributed by atoms with Gasteiger partial charge in [0.25, 0.3) is 0 Å². The zero-order valence-electron chi connectivity index (χ0n) is 15.1. The Morgan fingerprint density at radius 1 is 1.35 bits per heavy atom. The van der Waals surface area contributed by atoms with Crippen LogP contribution in [0.1, 0.15) is 19.3 Å². The second kappa shape index (κ2) is 8.50. The summed E-state index contributed by atoms with van der Waals surface area (Å²) < 4.78 is 14.3. The first-order valence-electron chi connectivity index (χ1n) is 9.14. The van der Waals surface area contributed by atoms with Crippen molar-refractivity contribution in [3.05, 3.63) is 23.1 Å². The first kappa shape index (κ1) is 19.3. The molecule has 0 unspecified atom stereocenters. The number of piperidine rings is 1. The lowest BCUT2D eigenvalue weighted by Gasteiger charge is -2.46. The first-order valence-corrected chi connectivity index (χ1v) is 9.52. The molecule has 1 aromatic heterocycles. The number of pyridine rings is 1. The Morgan fingerprint density at radius 3 is 2.73 bits per heavy atom. The van der Waals surface area contributed by atoms with E-state index in [0.29, 0.717) is 31.4 Å². The van der Waals surface area contributed by atoms with Crippen LogP contribution in [0.3, 0.4) is 0 Å². The van der Waals surface area contributed by atoms with Crippen LogP contribution in [0.4, 0.5) is 10.2 Å². The van der Waals surface area contributed by atoms with Gasteiger partial charge in [0.15, 0.2) is 11.6 Å². The fourth-order valence-corrected chi connectivity index (χ4v) is 4.22. The van der Waals surface area contributed by atoms with E-state index in [0.717, 1.165) is 32.6 Å². The molecule has 0 bridgehead atoms. The molecule has 144 valence electrons. The molecular formula is C18H26ClFN4O2. The molecule has 6 nitrogen and oxygen atoms in total. The van der Waals surface area contributed by atoms with Crippen molar-refractivity contribution in [2.45, 2.75) is 25.3 Å². The number of piperazine rings is 1. The third-order valence-corrected chi connectivity index (χ3v) is 5.72. The minimum atomic E-state index is -0.782. The number of nitrogens with zero attached hydrogens (tertiary/aromatic N) is 4. The van der Waals surface area contributed by atoms with Gasteiger partial charge in [-0.2, -0.15) is 0 Å². The van der Waals surface area contributed by atoms with E-state index in [1.54, 1.807) is 0 Å². The number of carboxylic acid groups (broad SMARTS) is 1. The zero-order valence-corrected chi connectivity index (χ0v) is 15.8. The maximum atomic E-state index is 14.3. The van der Waals surface area contributed by atoms with E-state index in [9.17, 15) is 9.18 Å². The minimum absolute atomic E-state index is 0.138. The van der Waals surface area contributed by atoms with Gasteiger partial charge >= 0.3 is 5.97 Å². The largest absolute Gasteiger partial charge is 0.481 e. The summed E-state index contributed by atoms with van der Waals surface area (Å²) in [5.74, 6) is -0.714. The molecule has 2 fully saturated rings. The highest BCUT2D eigenvalue weighted by Crippen LogP contribution is 2.31. The highest BCUT2D eigenvalue weighted by atomic mass is 35.5. The second-order valence-corrected chi connectivity index (χ2v) is 7.73. The van der Waals surface area contributed by atoms with Gasteiger partial charge in [-0.15, -0.1) is 0 Å². The molecule has 2 saturated heterocycles. The van der Waals surface area contributed by atoms with Gasteiger partial charge in [0, 0.05) is 57.9 Å². The molecule has 0 amide bonds. The van der Waals surface area contributed by atoms with Crippen LogP contribution >= 0.6 is 11.6 Å². The SMILES string of the molecule is CN1CCN([C@@H]2CCN(c3ncc(Cl)cc3F)C[C@@H]2CCC(=O)O)CC1. The Balaban J connectivity index is 1.73. The number of carbonyl (C=O) groups is 1. The lowest BCUT2D eigenvalue weighted by Crippen LogP contribution is -2.56. The highest BCUT2D eigenvalue weighted by molar-refractivity contribution is 6.30. The standard InChI is InChI=1S/C18H26ClFN4O2/c1-22-6-8-23(9-7-22)16-4-5-24(12-13(16)2-3-17(25)26)18-15(20)10-14(19)11-21-18/h10-11,13,16H,2-9,12H2,1H3,(H,25,26)/t13-,16+/m0/s1. The fraction of sp³-hybridized carbons (Fsp3) is 0.667. The van der Waals surface area contributed by atoms with Gasteiger partial charge in [0.1, 0.15) is 0 Å². The molecule has 2 aliphatic heterocycles. The van der Waals surface area contributed by atoms with Crippen molar-refractivity contribution in [3.8, 4) is 0 Å². The third kappa shape index (κ3) is 4.64. The van der Waals surface area contributed by atoms with Crippen molar-refractivity contribution < 1.29 is 14.3 Å². The van der Waals surface area contributed by atoms with Gasteiger partial charge in [-0.1, -0.05) is 11.6 Å². The molecule has 0 radical (unpaired) electrons. The van der Waals surface area contributed by atoms with E-state index < -0.39 is 11.8 Å². The molecule has 1 aromatic rings. The van der Waals surface area contributed by atoms with Crippen LogP contribution in [-0.4, -0.2) is 78.2 Å². The third-order valence-electron chi connectivity index (χ3n) is 5.52. The van der Waals surface area contributed by atoms with Crippen molar-refractivity contribution in [2.24, 2.45) is 5.92 Å². The molecule has 2 atom stereocenters. The predicted molar refractivity (Wildman–Crippen MR) is 99.3 cm³/mol. The summed E-state index contributed by atoms with van der Waals surface area (Å²) in [7, 11) is 2.12. The number of aliphatic carboxylic acids is 1. The summed E-state index contributed by atoms with van der Waals surface area (Å²) in [6, 6.07) is 1.62. The average molecular weight is 385 g/mol. The molecule has 0 aromatic carbocycles. The van der Waals surface area contributed by atoms with Crippen LogP contribution in [0.2, 0.25) is 5.02 Å². The van der Waals surface area contributed by atoms with Gasteiger partial charge in [-0.3, -0.25) is 9.69 Å². The van der Waals surface area contributed by atoms with Crippen LogP contribution in [0.15, 0.2) is 12.3 Å². The number of rotatable bonds is 5. The number of likely N-dealkylation sites (N-methyl/N-ethyl adjacent to an activating group) is 1. The second-order valence-electron chi connectivity index (χ2n) is 7.29. The number of aromatic nitrogens is 1. The number of anilines is 1. The predicted octanol–water partition coefficient (Wildman–Crippen LogP) is 2.18. The molecule has 1 N–H and O–H groups in total. The normalized spacial score (nSPS) is 25.4. The molecule has 3 rings (SSSR count). The Labute approximate surface area is 158 Å². The molecule has 8 heteroatoms. The lowest BCUT2D eigenvalue weighted by molar-refractivity contribution is -0.137. The maximum Gasteiger partial charge on any atom is 0.303 e. The molecule has 3 heterocycles. The summed E-state index contributed by atoms with van der Waals surface area (Å²) in [4.78, 5) is 22.0. The van der Waals surface area contributed by atoms with Crippen LogP contribution in [0, 0.1) is 11.7 Å². The summed E-state index contributed by atoms with van der Waals surface area (Å²) in [5, 5.41) is 9.39. The summed E-state index contributed by atoms with van der Waals surface area (Å²) >= 11 is 5.81.